The number of carbonyl (C=O) groups is 1. The number of aromatic nitrogens is 4. The predicted octanol–water partition coefficient (Wildman–Crippen LogP) is 0.900. The second kappa shape index (κ2) is 5.23. The van der Waals surface area contributed by atoms with Crippen molar-refractivity contribution in [3.63, 3.8) is 0 Å². The number of rotatable bonds is 4. The molecule has 0 spiro atoms. The number of hydrogen-bond acceptors (Lipinski definition) is 4. The molecule has 0 saturated carbocycles. The van der Waals surface area contributed by atoms with Crippen LogP contribution in [0.25, 0.3) is 0 Å². The number of aryl methyl sites for hydroxylation is 2. The third-order valence-electron chi connectivity index (χ3n) is 3.89. The third-order valence-corrected chi connectivity index (χ3v) is 3.89. The normalized spacial score (nSPS) is 13.4. The van der Waals surface area contributed by atoms with Crippen molar-refractivity contribution in [3.8, 4) is 0 Å². The van der Waals surface area contributed by atoms with Gasteiger partial charge in [0, 0.05) is 32.8 Å². The molecule has 1 aliphatic heterocycles. The summed E-state index contributed by atoms with van der Waals surface area (Å²) < 4.78 is 3.97. The van der Waals surface area contributed by atoms with Gasteiger partial charge in [-0.25, -0.2) is 0 Å². The van der Waals surface area contributed by atoms with Gasteiger partial charge >= 0.3 is 0 Å². The number of nitrogen functional groups attached to an aromatic ring is 1. The van der Waals surface area contributed by atoms with Gasteiger partial charge in [0.2, 0.25) is 0 Å². The molecule has 0 radical (unpaired) electrons. The Morgan fingerprint density at radius 1 is 1.48 bits per heavy atom. The maximum absolute atomic E-state index is 12.6. The molecule has 0 atom stereocenters. The number of hydrogen-bond donors (Lipinski definition) is 1. The van der Waals surface area contributed by atoms with Gasteiger partial charge in [0.15, 0.2) is 5.82 Å². The Morgan fingerprint density at radius 3 is 3.05 bits per heavy atom. The fourth-order valence-electron chi connectivity index (χ4n) is 2.78. The Morgan fingerprint density at radius 2 is 2.29 bits per heavy atom. The minimum atomic E-state index is -0.0519. The highest BCUT2D eigenvalue weighted by Gasteiger charge is 2.22. The molecule has 112 valence electrons. The lowest BCUT2D eigenvalue weighted by molar-refractivity contribution is 0.0769. The zero-order valence-corrected chi connectivity index (χ0v) is 12.4. The van der Waals surface area contributed by atoms with Gasteiger partial charge in [-0.2, -0.15) is 0 Å². The van der Waals surface area contributed by atoms with E-state index >= 15 is 0 Å². The zero-order chi connectivity index (χ0) is 15.0. The number of carbonyl (C=O) groups excluding carboxylic acids is 1. The van der Waals surface area contributed by atoms with E-state index < -0.39 is 0 Å². The molecule has 7 heteroatoms. The largest absolute Gasteiger partial charge is 0.397 e. The summed E-state index contributed by atoms with van der Waals surface area (Å²) in [4.78, 5) is 14.2. The molecule has 0 unspecified atom stereocenters. The maximum Gasteiger partial charge on any atom is 0.270 e. The highest BCUT2D eigenvalue weighted by atomic mass is 16.2. The molecule has 3 rings (SSSR count). The van der Waals surface area contributed by atoms with Crippen molar-refractivity contribution < 1.29 is 4.79 Å². The van der Waals surface area contributed by atoms with Gasteiger partial charge in [-0.1, -0.05) is 0 Å². The number of fused-ring (bicyclic) bond motifs is 1. The molecule has 2 aromatic rings. The van der Waals surface area contributed by atoms with Gasteiger partial charge in [-0.3, -0.25) is 4.79 Å². The third kappa shape index (κ3) is 2.39. The van der Waals surface area contributed by atoms with Crippen LogP contribution in [0.15, 0.2) is 12.3 Å². The van der Waals surface area contributed by atoms with E-state index in [1.165, 1.54) is 0 Å². The molecule has 1 aliphatic rings. The van der Waals surface area contributed by atoms with E-state index in [2.05, 4.69) is 14.8 Å². The van der Waals surface area contributed by atoms with Crippen LogP contribution in [0.4, 0.5) is 5.69 Å². The lowest BCUT2D eigenvalue weighted by Gasteiger charge is -2.17. The first-order valence-corrected chi connectivity index (χ1v) is 7.22. The average Bonchev–Trinajstić information content (AvgIpc) is 3.14. The minimum absolute atomic E-state index is 0.0519. The van der Waals surface area contributed by atoms with Crippen LogP contribution in [-0.4, -0.2) is 37.2 Å². The van der Waals surface area contributed by atoms with Crippen molar-refractivity contribution in [2.24, 2.45) is 0 Å². The summed E-state index contributed by atoms with van der Waals surface area (Å²) >= 11 is 0. The number of amides is 1. The smallest absolute Gasteiger partial charge is 0.270 e. The number of nitrogens with zero attached hydrogens (tertiary/aromatic N) is 5. The van der Waals surface area contributed by atoms with Crippen LogP contribution in [-0.2, 0) is 26.1 Å². The highest BCUT2D eigenvalue weighted by Crippen LogP contribution is 2.17. The second-order valence-corrected chi connectivity index (χ2v) is 5.39. The summed E-state index contributed by atoms with van der Waals surface area (Å²) in [5, 5.41) is 8.36. The predicted molar refractivity (Wildman–Crippen MR) is 78.7 cm³/mol. The molecule has 2 N–H and O–H groups in total. The second-order valence-electron chi connectivity index (χ2n) is 5.39. The molecule has 21 heavy (non-hydrogen) atoms. The van der Waals surface area contributed by atoms with Gasteiger partial charge in [0.05, 0.1) is 12.2 Å². The van der Waals surface area contributed by atoms with Crippen LogP contribution < -0.4 is 5.73 Å². The van der Waals surface area contributed by atoms with Crippen LogP contribution in [0.1, 0.15) is 35.5 Å². The first-order valence-electron chi connectivity index (χ1n) is 7.22. The fourth-order valence-corrected chi connectivity index (χ4v) is 2.78. The van der Waals surface area contributed by atoms with E-state index in [1.807, 2.05) is 11.5 Å². The van der Waals surface area contributed by atoms with E-state index in [1.54, 1.807) is 24.2 Å². The Labute approximate surface area is 123 Å². The summed E-state index contributed by atoms with van der Waals surface area (Å²) in [6, 6.07) is 1.72. The van der Waals surface area contributed by atoms with Crippen LogP contribution in [0.3, 0.4) is 0 Å². The summed E-state index contributed by atoms with van der Waals surface area (Å²) in [5.41, 5.74) is 7.00. The quantitative estimate of drug-likeness (QED) is 0.906. The molecular formula is C14H20N6O. The highest BCUT2D eigenvalue weighted by molar-refractivity contribution is 5.93. The monoisotopic (exact) mass is 288 g/mol. The van der Waals surface area contributed by atoms with E-state index in [9.17, 15) is 4.79 Å². The number of nitrogens with two attached hydrogens (primary N) is 1. The Kier molecular flexibility index (Phi) is 3.40. The molecule has 0 aromatic carbocycles. The standard InChI is InChI=1S/C14H20N6O/c1-3-19-8-10(15)7-11(19)14(21)18(2)9-13-17-16-12-5-4-6-20(12)13/h7-8H,3-6,9,15H2,1-2H3. The SMILES string of the molecule is CCn1cc(N)cc1C(=O)N(C)Cc1nnc2n1CCC2. The summed E-state index contributed by atoms with van der Waals surface area (Å²) in [6.07, 6.45) is 3.86. The van der Waals surface area contributed by atoms with Gasteiger partial charge in [-0.05, 0) is 19.4 Å². The van der Waals surface area contributed by atoms with Crippen molar-refractivity contribution in [2.45, 2.75) is 39.4 Å². The van der Waals surface area contributed by atoms with Crippen molar-refractivity contribution >= 4 is 11.6 Å². The van der Waals surface area contributed by atoms with E-state index in [0.717, 1.165) is 31.0 Å². The average molecular weight is 288 g/mol. The molecule has 2 aromatic heterocycles. The summed E-state index contributed by atoms with van der Waals surface area (Å²) in [7, 11) is 1.78. The van der Waals surface area contributed by atoms with Crippen molar-refractivity contribution in [1.82, 2.24) is 24.2 Å². The molecule has 3 heterocycles. The van der Waals surface area contributed by atoms with E-state index in [-0.39, 0.29) is 5.91 Å². The van der Waals surface area contributed by atoms with E-state index in [4.69, 9.17) is 5.73 Å². The first-order chi connectivity index (χ1) is 10.1. The molecule has 0 aliphatic carbocycles. The van der Waals surface area contributed by atoms with Gasteiger partial charge in [-0.15, -0.1) is 10.2 Å². The Hall–Kier alpha value is -2.31. The fraction of sp³-hybridized carbons (Fsp3) is 0.500. The Balaban J connectivity index is 1.78. The van der Waals surface area contributed by atoms with Crippen molar-refractivity contribution in [2.75, 3.05) is 12.8 Å². The van der Waals surface area contributed by atoms with Crippen LogP contribution >= 0.6 is 0 Å². The summed E-state index contributed by atoms with van der Waals surface area (Å²) in [5.74, 6) is 1.82. The summed E-state index contributed by atoms with van der Waals surface area (Å²) in [6.45, 7) is 4.10. The maximum atomic E-state index is 12.6. The van der Waals surface area contributed by atoms with Crippen LogP contribution in [0.2, 0.25) is 0 Å². The van der Waals surface area contributed by atoms with Crippen LogP contribution in [0, 0.1) is 0 Å². The van der Waals surface area contributed by atoms with Gasteiger partial charge < -0.3 is 19.8 Å². The zero-order valence-electron chi connectivity index (χ0n) is 12.4. The van der Waals surface area contributed by atoms with Crippen molar-refractivity contribution in [3.05, 3.63) is 29.6 Å². The van der Waals surface area contributed by atoms with Gasteiger partial charge in [0.25, 0.3) is 5.91 Å². The lowest BCUT2D eigenvalue weighted by Crippen LogP contribution is -2.29. The van der Waals surface area contributed by atoms with E-state index in [0.29, 0.717) is 24.5 Å². The molecule has 1 amide bonds. The molecule has 0 fully saturated rings. The lowest BCUT2D eigenvalue weighted by atomic mass is 10.3. The van der Waals surface area contributed by atoms with Gasteiger partial charge in [0.1, 0.15) is 11.5 Å². The molecular weight excluding hydrogens is 268 g/mol. The Bertz CT molecular complexity index is 671. The minimum Gasteiger partial charge on any atom is -0.397 e. The topological polar surface area (TPSA) is 82.0 Å². The molecule has 0 bridgehead atoms. The number of anilines is 1. The first kappa shape index (κ1) is 13.7. The van der Waals surface area contributed by atoms with Crippen molar-refractivity contribution in [1.29, 1.82) is 0 Å². The molecule has 7 nitrogen and oxygen atoms in total. The molecule has 0 saturated heterocycles. The van der Waals surface area contributed by atoms with Crippen LogP contribution in [0.5, 0.6) is 0 Å².